The van der Waals surface area contributed by atoms with Crippen LogP contribution < -0.4 is 0 Å². The first-order valence-electron chi connectivity index (χ1n) is 22.2. The van der Waals surface area contributed by atoms with Gasteiger partial charge in [0.15, 0.2) is 12.4 Å². The highest BCUT2D eigenvalue weighted by atomic mass is 32.2. The van der Waals surface area contributed by atoms with Gasteiger partial charge in [0.25, 0.3) is 10.1 Å². The fourth-order valence-electron chi connectivity index (χ4n) is 6.39. The zero-order chi connectivity index (χ0) is 42.7. The third-order valence-electron chi connectivity index (χ3n) is 9.88. The zero-order valence-corrected chi connectivity index (χ0v) is 36.5. The molecular formula is C45H78O12S. The molecule has 1 aliphatic rings. The summed E-state index contributed by atoms with van der Waals surface area (Å²) in [5, 5.41) is 30.8. The largest absolute Gasteiger partial charge is 0.462 e. The Bertz CT molecular complexity index is 1260. The first-order valence-corrected chi connectivity index (χ1v) is 23.8. The molecule has 13 heteroatoms. The number of ether oxygens (including phenoxy) is 4. The van der Waals surface area contributed by atoms with E-state index in [4.69, 9.17) is 18.9 Å². The number of aliphatic hydroxyl groups is 3. The molecule has 0 bridgehead atoms. The van der Waals surface area contributed by atoms with E-state index >= 15 is 0 Å². The molecule has 1 saturated heterocycles. The van der Waals surface area contributed by atoms with Crippen molar-refractivity contribution in [1.82, 2.24) is 0 Å². The van der Waals surface area contributed by atoms with Gasteiger partial charge in [-0.3, -0.25) is 14.1 Å². The fraction of sp³-hybridized carbons (Fsp3) is 0.778. The Balaban J connectivity index is 2.51. The number of carbonyl (C=O) groups is 2. The van der Waals surface area contributed by atoms with Gasteiger partial charge in [0.05, 0.1) is 6.61 Å². The van der Waals surface area contributed by atoms with E-state index < -0.39 is 71.2 Å². The van der Waals surface area contributed by atoms with E-state index in [2.05, 4.69) is 56.4 Å². The van der Waals surface area contributed by atoms with E-state index in [0.29, 0.717) is 19.3 Å². The van der Waals surface area contributed by atoms with Crippen LogP contribution in [-0.2, 0) is 38.7 Å². The number of hydrogen-bond donors (Lipinski definition) is 4. The average molecular weight is 843 g/mol. The Morgan fingerprint density at radius 1 is 0.586 bits per heavy atom. The second kappa shape index (κ2) is 35.4. The molecule has 1 aliphatic heterocycles. The molecular weight excluding hydrogens is 765 g/mol. The Labute approximate surface area is 350 Å². The second-order valence-electron chi connectivity index (χ2n) is 15.4. The van der Waals surface area contributed by atoms with Gasteiger partial charge in [0.1, 0.15) is 36.8 Å². The molecule has 336 valence electrons. The molecule has 0 saturated carbocycles. The van der Waals surface area contributed by atoms with Crippen LogP contribution in [0.15, 0.2) is 48.6 Å². The molecule has 0 aromatic rings. The molecule has 6 atom stereocenters. The molecule has 1 heterocycles. The van der Waals surface area contributed by atoms with Gasteiger partial charge in [-0.2, -0.15) is 8.42 Å². The average Bonchev–Trinajstić information content (AvgIpc) is 3.18. The first kappa shape index (κ1) is 53.6. The van der Waals surface area contributed by atoms with Crippen LogP contribution in [-0.4, -0.2) is 96.0 Å². The van der Waals surface area contributed by atoms with Gasteiger partial charge in [-0.1, -0.05) is 133 Å². The molecule has 0 radical (unpaired) electrons. The highest BCUT2D eigenvalue weighted by molar-refractivity contribution is 7.85. The Kier molecular flexibility index (Phi) is 32.7. The van der Waals surface area contributed by atoms with E-state index in [1.807, 2.05) is 6.08 Å². The molecule has 4 N–H and O–H groups in total. The van der Waals surface area contributed by atoms with Crippen molar-refractivity contribution in [1.29, 1.82) is 0 Å². The molecule has 1 rings (SSSR count). The third kappa shape index (κ3) is 29.8. The summed E-state index contributed by atoms with van der Waals surface area (Å²) in [6.07, 6.45) is 31.7. The smallest absolute Gasteiger partial charge is 0.306 e. The Morgan fingerprint density at radius 2 is 1.05 bits per heavy atom. The lowest BCUT2D eigenvalue weighted by Crippen LogP contribution is -2.60. The van der Waals surface area contributed by atoms with E-state index in [-0.39, 0.29) is 19.4 Å². The lowest BCUT2D eigenvalue weighted by molar-refractivity contribution is -0.297. The predicted octanol–water partition coefficient (Wildman–Crippen LogP) is 8.78. The second-order valence-corrected chi connectivity index (χ2v) is 16.9. The minimum atomic E-state index is -4.61. The van der Waals surface area contributed by atoms with Crippen LogP contribution in [0, 0.1) is 0 Å². The van der Waals surface area contributed by atoms with Gasteiger partial charge >= 0.3 is 11.9 Å². The van der Waals surface area contributed by atoms with Crippen molar-refractivity contribution in [3.05, 3.63) is 48.6 Å². The predicted molar refractivity (Wildman–Crippen MR) is 229 cm³/mol. The molecule has 1 fully saturated rings. The summed E-state index contributed by atoms with van der Waals surface area (Å²) in [6.45, 7) is 3.67. The van der Waals surface area contributed by atoms with Crippen molar-refractivity contribution in [2.24, 2.45) is 0 Å². The number of carbonyl (C=O) groups excluding carboxylic acids is 2. The van der Waals surface area contributed by atoms with Gasteiger partial charge in [-0.25, -0.2) is 0 Å². The highest BCUT2D eigenvalue weighted by Crippen LogP contribution is 2.24. The number of rotatable bonds is 36. The molecule has 2 unspecified atom stereocenters. The van der Waals surface area contributed by atoms with Gasteiger partial charge < -0.3 is 34.3 Å². The topological polar surface area (TPSA) is 186 Å². The monoisotopic (exact) mass is 843 g/mol. The lowest BCUT2D eigenvalue weighted by Gasteiger charge is -2.40. The van der Waals surface area contributed by atoms with E-state index in [1.54, 1.807) is 0 Å². The number of unbranched alkanes of at least 4 members (excludes halogenated alkanes) is 16. The van der Waals surface area contributed by atoms with Crippen molar-refractivity contribution < 1.29 is 56.8 Å². The minimum Gasteiger partial charge on any atom is -0.462 e. The Hall–Kier alpha value is -2.39. The first-order chi connectivity index (χ1) is 28.0. The minimum absolute atomic E-state index is 0.132. The van der Waals surface area contributed by atoms with Crippen molar-refractivity contribution in [3.63, 3.8) is 0 Å². The molecule has 0 aliphatic carbocycles. The maximum absolute atomic E-state index is 12.8. The van der Waals surface area contributed by atoms with Crippen LogP contribution in [0.25, 0.3) is 0 Å². The number of allylic oxidation sites excluding steroid dienone is 8. The van der Waals surface area contributed by atoms with Crippen LogP contribution in [0.1, 0.15) is 168 Å². The lowest BCUT2D eigenvalue weighted by atomic mass is 10.00. The normalized spacial score (nSPS) is 20.8. The molecule has 0 aromatic heterocycles. The van der Waals surface area contributed by atoms with Gasteiger partial charge in [0, 0.05) is 12.8 Å². The summed E-state index contributed by atoms with van der Waals surface area (Å²) in [6, 6.07) is 0. The van der Waals surface area contributed by atoms with Crippen LogP contribution in [0.3, 0.4) is 0 Å². The highest BCUT2D eigenvalue weighted by Gasteiger charge is 2.46. The molecule has 58 heavy (non-hydrogen) atoms. The van der Waals surface area contributed by atoms with E-state index in [0.717, 1.165) is 44.9 Å². The molecule has 0 aromatic carbocycles. The SMILES string of the molecule is CCCCCCCC/C=C/C/C=C/C/C=C/CCCC(=O)OC[C@H](CO[C@H]1O[C@H](CS(=O)(=O)O)[C@@H](O)C(O)C1O)OC(=O)CCCCC/C=C/CCCCCCCC. The molecule has 12 nitrogen and oxygen atoms in total. The van der Waals surface area contributed by atoms with Crippen molar-refractivity contribution in [2.75, 3.05) is 19.0 Å². The maximum atomic E-state index is 12.8. The van der Waals surface area contributed by atoms with Crippen LogP contribution in [0.2, 0.25) is 0 Å². The number of esters is 2. The van der Waals surface area contributed by atoms with Crippen molar-refractivity contribution in [2.45, 2.75) is 205 Å². The maximum Gasteiger partial charge on any atom is 0.306 e. The van der Waals surface area contributed by atoms with Crippen molar-refractivity contribution in [3.8, 4) is 0 Å². The standard InChI is InChI=1S/C45H78O12S/c1-3-5-7-9-11-13-15-17-18-19-20-22-23-25-27-29-31-33-40(46)54-35-38(36-55-45-44(50)43(49)42(48)39(57-45)37-58(51,52)53)56-41(47)34-32-30-28-26-24-21-16-14-12-10-8-6-4-2/h17-18,20-22,24-25,27,38-39,42-45,48-50H,3-16,19,23,26,28-37H2,1-2H3,(H,51,52,53)/b18-17+,22-20+,24-21+,27-25+/t38-,39-,42-,43?,44?,45+/m1/s1. The number of hydrogen-bond acceptors (Lipinski definition) is 11. The van der Waals surface area contributed by atoms with Crippen molar-refractivity contribution >= 4 is 22.1 Å². The van der Waals surface area contributed by atoms with Gasteiger partial charge in [0.2, 0.25) is 0 Å². The zero-order valence-electron chi connectivity index (χ0n) is 35.6. The number of aliphatic hydroxyl groups excluding tert-OH is 3. The van der Waals surface area contributed by atoms with Crippen LogP contribution in [0.5, 0.6) is 0 Å². The summed E-state index contributed by atoms with van der Waals surface area (Å²) in [5.41, 5.74) is 0. The molecule has 0 amide bonds. The summed E-state index contributed by atoms with van der Waals surface area (Å²) in [4.78, 5) is 25.3. The summed E-state index contributed by atoms with van der Waals surface area (Å²) < 4.78 is 53.9. The quantitative estimate of drug-likeness (QED) is 0.0204. The summed E-state index contributed by atoms with van der Waals surface area (Å²) in [7, 11) is -4.61. The van der Waals surface area contributed by atoms with Gasteiger partial charge in [-0.15, -0.1) is 0 Å². The molecule has 0 spiro atoms. The van der Waals surface area contributed by atoms with Gasteiger partial charge in [-0.05, 0) is 70.6 Å². The van der Waals surface area contributed by atoms with E-state index in [1.165, 1.54) is 77.0 Å². The van der Waals surface area contributed by atoms with E-state index in [9.17, 15) is 37.9 Å². The van der Waals surface area contributed by atoms with Crippen LogP contribution >= 0.6 is 0 Å². The third-order valence-corrected chi connectivity index (χ3v) is 10.6. The summed E-state index contributed by atoms with van der Waals surface area (Å²) in [5.74, 6) is -2.07. The van der Waals surface area contributed by atoms with Crippen LogP contribution in [0.4, 0.5) is 0 Å². The fourth-order valence-corrected chi connectivity index (χ4v) is 7.08. The summed E-state index contributed by atoms with van der Waals surface area (Å²) >= 11 is 0. The Morgan fingerprint density at radius 3 is 1.60 bits per heavy atom.